The monoisotopic (exact) mass is 262 g/mol. The second-order valence-electron chi connectivity index (χ2n) is 4.42. The number of carboxylic acids is 1. The summed E-state index contributed by atoms with van der Waals surface area (Å²) in [6.07, 6.45) is 1.40. The maximum atomic E-state index is 11.1. The number of carboxylic acid groups (broad SMARTS) is 1. The van der Waals surface area contributed by atoms with Crippen LogP contribution in [0, 0.1) is 6.92 Å². The summed E-state index contributed by atoms with van der Waals surface area (Å²) in [4.78, 5) is 19.7. The summed E-state index contributed by atoms with van der Waals surface area (Å²) in [5.74, 6) is -0.327. The Hall–Kier alpha value is -1.75. The van der Waals surface area contributed by atoms with Gasteiger partial charge in [-0.25, -0.2) is 14.8 Å². The smallest absolute Gasteiger partial charge is 0.339 e. The molecule has 0 aliphatic carbocycles. The first kappa shape index (κ1) is 12.7. The van der Waals surface area contributed by atoms with Gasteiger partial charge >= 0.3 is 5.97 Å². The Morgan fingerprint density at radius 3 is 2.61 bits per heavy atom. The molecule has 0 aliphatic heterocycles. The number of hydrogen-bond donors (Lipinski definition) is 1. The zero-order chi connectivity index (χ0) is 13.3. The third-order valence-electron chi connectivity index (χ3n) is 2.69. The van der Waals surface area contributed by atoms with Crippen LogP contribution in [0.1, 0.15) is 41.4 Å². The SMILES string of the molecule is Cc1cscc1-c1ncc(C(=O)O)c(C(C)C)n1. The van der Waals surface area contributed by atoms with E-state index in [2.05, 4.69) is 9.97 Å². The lowest BCUT2D eigenvalue weighted by Crippen LogP contribution is -2.08. The highest BCUT2D eigenvalue weighted by Crippen LogP contribution is 2.26. The van der Waals surface area contributed by atoms with Gasteiger partial charge in [0.25, 0.3) is 0 Å². The molecule has 4 nitrogen and oxygen atoms in total. The molecule has 0 fully saturated rings. The molecular weight excluding hydrogens is 248 g/mol. The van der Waals surface area contributed by atoms with Gasteiger partial charge in [0.15, 0.2) is 5.82 Å². The molecule has 2 aromatic rings. The Bertz CT molecular complexity index is 590. The Morgan fingerprint density at radius 2 is 2.11 bits per heavy atom. The van der Waals surface area contributed by atoms with Gasteiger partial charge in [0, 0.05) is 17.1 Å². The maximum absolute atomic E-state index is 11.1. The fourth-order valence-corrected chi connectivity index (χ4v) is 2.55. The van der Waals surface area contributed by atoms with Crippen LogP contribution < -0.4 is 0 Å². The topological polar surface area (TPSA) is 63.1 Å². The molecule has 0 unspecified atom stereocenters. The minimum absolute atomic E-state index is 0.0526. The predicted octanol–water partition coefficient (Wildman–Crippen LogP) is 3.34. The molecule has 18 heavy (non-hydrogen) atoms. The second-order valence-corrected chi connectivity index (χ2v) is 5.16. The van der Waals surface area contributed by atoms with Crippen molar-refractivity contribution in [1.82, 2.24) is 9.97 Å². The first-order chi connectivity index (χ1) is 8.50. The van der Waals surface area contributed by atoms with E-state index in [0.717, 1.165) is 11.1 Å². The zero-order valence-electron chi connectivity index (χ0n) is 10.5. The summed E-state index contributed by atoms with van der Waals surface area (Å²) in [7, 11) is 0. The third-order valence-corrected chi connectivity index (χ3v) is 3.55. The van der Waals surface area contributed by atoms with E-state index in [0.29, 0.717) is 11.5 Å². The number of aryl methyl sites for hydroxylation is 1. The highest BCUT2D eigenvalue weighted by atomic mass is 32.1. The van der Waals surface area contributed by atoms with Gasteiger partial charge in [0.1, 0.15) is 0 Å². The van der Waals surface area contributed by atoms with Gasteiger partial charge in [-0.2, -0.15) is 11.3 Å². The Labute approximate surface area is 109 Å². The predicted molar refractivity (Wildman–Crippen MR) is 71.1 cm³/mol. The van der Waals surface area contributed by atoms with Crippen LogP contribution in [-0.4, -0.2) is 21.0 Å². The van der Waals surface area contributed by atoms with Crippen molar-refractivity contribution in [2.24, 2.45) is 0 Å². The van der Waals surface area contributed by atoms with Gasteiger partial charge in [0.05, 0.1) is 11.3 Å². The van der Waals surface area contributed by atoms with Crippen molar-refractivity contribution in [3.05, 3.63) is 33.8 Å². The third kappa shape index (κ3) is 2.26. The summed E-state index contributed by atoms with van der Waals surface area (Å²) in [6, 6.07) is 0. The van der Waals surface area contributed by atoms with Crippen LogP contribution in [0.3, 0.4) is 0 Å². The quantitative estimate of drug-likeness (QED) is 0.921. The molecule has 0 saturated carbocycles. The van der Waals surface area contributed by atoms with Crippen LogP contribution in [0.25, 0.3) is 11.4 Å². The largest absolute Gasteiger partial charge is 0.478 e. The van der Waals surface area contributed by atoms with Crippen molar-refractivity contribution < 1.29 is 9.90 Å². The fourth-order valence-electron chi connectivity index (χ4n) is 1.72. The van der Waals surface area contributed by atoms with Gasteiger partial charge in [-0.15, -0.1) is 0 Å². The molecule has 0 spiro atoms. The Morgan fingerprint density at radius 1 is 1.39 bits per heavy atom. The van der Waals surface area contributed by atoms with Gasteiger partial charge in [-0.1, -0.05) is 13.8 Å². The van der Waals surface area contributed by atoms with Crippen LogP contribution in [0.15, 0.2) is 17.0 Å². The minimum atomic E-state index is -0.979. The van der Waals surface area contributed by atoms with Gasteiger partial charge in [-0.05, 0) is 23.8 Å². The lowest BCUT2D eigenvalue weighted by molar-refractivity contribution is 0.0694. The van der Waals surface area contributed by atoms with Gasteiger partial charge in [-0.3, -0.25) is 0 Å². The maximum Gasteiger partial charge on any atom is 0.339 e. The van der Waals surface area contributed by atoms with Crippen LogP contribution in [0.5, 0.6) is 0 Å². The molecule has 2 rings (SSSR count). The Kier molecular flexibility index (Phi) is 3.43. The number of nitrogens with zero attached hydrogens (tertiary/aromatic N) is 2. The van der Waals surface area contributed by atoms with Crippen LogP contribution in [0.4, 0.5) is 0 Å². The van der Waals surface area contributed by atoms with E-state index in [1.54, 1.807) is 11.3 Å². The first-order valence-electron chi connectivity index (χ1n) is 5.64. The molecular formula is C13H14N2O2S. The summed E-state index contributed by atoms with van der Waals surface area (Å²) >= 11 is 1.59. The lowest BCUT2D eigenvalue weighted by Gasteiger charge is -2.10. The molecule has 0 aromatic carbocycles. The summed E-state index contributed by atoms with van der Waals surface area (Å²) in [5.41, 5.74) is 2.84. The molecule has 5 heteroatoms. The summed E-state index contributed by atoms with van der Waals surface area (Å²) in [6.45, 7) is 5.85. The van der Waals surface area contributed by atoms with E-state index in [1.165, 1.54) is 6.20 Å². The van der Waals surface area contributed by atoms with Crippen LogP contribution in [0.2, 0.25) is 0 Å². The summed E-state index contributed by atoms with van der Waals surface area (Å²) < 4.78 is 0. The van der Waals surface area contributed by atoms with Crippen molar-refractivity contribution in [3.8, 4) is 11.4 Å². The first-order valence-corrected chi connectivity index (χ1v) is 6.58. The van der Waals surface area contributed by atoms with E-state index in [9.17, 15) is 4.79 Å². The highest BCUT2D eigenvalue weighted by molar-refractivity contribution is 7.08. The highest BCUT2D eigenvalue weighted by Gasteiger charge is 2.17. The standard InChI is InChI=1S/C13H14N2O2S/c1-7(2)11-9(13(16)17)4-14-12(15-11)10-6-18-5-8(10)3/h4-7H,1-3H3,(H,16,17). The zero-order valence-corrected chi connectivity index (χ0v) is 11.3. The molecule has 1 N–H and O–H groups in total. The molecule has 0 saturated heterocycles. The average Bonchev–Trinajstić information content (AvgIpc) is 2.74. The second kappa shape index (κ2) is 4.86. The average molecular weight is 262 g/mol. The van der Waals surface area contributed by atoms with Gasteiger partial charge < -0.3 is 5.11 Å². The van der Waals surface area contributed by atoms with E-state index >= 15 is 0 Å². The number of carbonyl (C=O) groups is 1. The normalized spacial score (nSPS) is 10.9. The van der Waals surface area contributed by atoms with E-state index in [-0.39, 0.29) is 11.5 Å². The molecule has 0 aliphatic rings. The number of rotatable bonds is 3. The number of aromatic carboxylic acids is 1. The number of hydrogen-bond acceptors (Lipinski definition) is 4. The Balaban J connectivity index is 2.57. The molecule has 0 amide bonds. The van der Waals surface area contributed by atoms with E-state index in [1.807, 2.05) is 31.5 Å². The summed E-state index contributed by atoms with van der Waals surface area (Å²) in [5, 5.41) is 13.1. The fraction of sp³-hybridized carbons (Fsp3) is 0.308. The minimum Gasteiger partial charge on any atom is -0.478 e. The van der Waals surface area contributed by atoms with Crippen LogP contribution >= 0.6 is 11.3 Å². The van der Waals surface area contributed by atoms with Crippen molar-refractivity contribution in [2.45, 2.75) is 26.7 Å². The van der Waals surface area contributed by atoms with Crippen molar-refractivity contribution in [1.29, 1.82) is 0 Å². The molecule has 0 bridgehead atoms. The number of thiophene rings is 1. The van der Waals surface area contributed by atoms with Gasteiger partial charge in [0.2, 0.25) is 0 Å². The number of aromatic nitrogens is 2. The van der Waals surface area contributed by atoms with E-state index in [4.69, 9.17) is 5.11 Å². The molecule has 0 atom stereocenters. The van der Waals surface area contributed by atoms with Crippen molar-refractivity contribution >= 4 is 17.3 Å². The van der Waals surface area contributed by atoms with Crippen LogP contribution in [-0.2, 0) is 0 Å². The molecule has 94 valence electrons. The van der Waals surface area contributed by atoms with E-state index < -0.39 is 5.97 Å². The molecule has 2 heterocycles. The lowest BCUT2D eigenvalue weighted by atomic mass is 10.0. The van der Waals surface area contributed by atoms with Crippen molar-refractivity contribution in [2.75, 3.05) is 0 Å². The molecule has 2 aromatic heterocycles. The van der Waals surface area contributed by atoms with Crippen molar-refractivity contribution in [3.63, 3.8) is 0 Å². The molecule has 0 radical (unpaired) electrons.